The average molecular weight is 463 g/mol. The van der Waals surface area contributed by atoms with Crippen LogP contribution in [0, 0.1) is 11.6 Å². The fourth-order valence-electron chi connectivity index (χ4n) is 3.09. The lowest BCUT2D eigenvalue weighted by Gasteiger charge is -2.10. The molecule has 0 atom stereocenters. The van der Waals surface area contributed by atoms with Crippen LogP contribution < -0.4 is 4.72 Å². The molecule has 2 aromatic heterocycles. The summed E-state index contributed by atoms with van der Waals surface area (Å²) in [6.07, 6.45) is 3.90. The summed E-state index contributed by atoms with van der Waals surface area (Å²) >= 11 is 6.29. The molecule has 0 fully saturated rings. The molecule has 0 radical (unpaired) electrons. The van der Waals surface area contributed by atoms with Gasteiger partial charge >= 0.3 is 0 Å². The first-order valence-electron chi connectivity index (χ1n) is 8.74. The van der Waals surface area contributed by atoms with E-state index in [4.69, 9.17) is 11.6 Å². The van der Waals surface area contributed by atoms with Crippen molar-refractivity contribution >= 4 is 38.4 Å². The number of nitrogens with one attached hydrogen (secondary N) is 1. The molecule has 2 heterocycles. The summed E-state index contributed by atoms with van der Waals surface area (Å²) in [5, 5.41) is 4.85. The number of nitrogens with zero attached hydrogens (tertiary/aromatic N) is 3. The number of carbonyl (C=O) groups excluding carboxylic acids is 1. The molecule has 1 amide bonds. The Bertz CT molecular complexity index is 1440. The second-order valence-electron chi connectivity index (χ2n) is 6.65. The van der Waals surface area contributed by atoms with Gasteiger partial charge in [0.05, 0.1) is 28.0 Å². The lowest BCUT2D eigenvalue weighted by Crippen LogP contribution is -2.30. The van der Waals surface area contributed by atoms with Gasteiger partial charge in [-0.05, 0) is 36.4 Å². The Labute approximate surface area is 180 Å². The van der Waals surface area contributed by atoms with Crippen LogP contribution in [0.5, 0.6) is 0 Å². The minimum Gasteiger partial charge on any atom is -0.268 e. The van der Waals surface area contributed by atoms with E-state index in [-0.39, 0.29) is 10.7 Å². The number of benzene rings is 2. The molecule has 0 saturated carbocycles. The highest BCUT2D eigenvalue weighted by atomic mass is 35.5. The summed E-state index contributed by atoms with van der Waals surface area (Å²) in [5.41, 5.74) is 0.987. The molecule has 0 spiro atoms. The highest BCUT2D eigenvalue weighted by Gasteiger charge is 2.21. The molecule has 1 N–H and O–H groups in total. The van der Waals surface area contributed by atoms with Gasteiger partial charge in [0.15, 0.2) is 0 Å². The molecule has 0 unspecified atom stereocenters. The van der Waals surface area contributed by atoms with E-state index in [1.165, 1.54) is 22.9 Å². The maximum Gasteiger partial charge on any atom is 0.267 e. The minimum atomic E-state index is -3.89. The zero-order chi connectivity index (χ0) is 22.3. The van der Waals surface area contributed by atoms with Crippen LogP contribution in [0.25, 0.3) is 27.8 Å². The van der Waals surface area contributed by atoms with Gasteiger partial charge in [0.25, 0.3) is 5.91 Å². The lowest BCUT2D eigenvalue weighted by atomic mass is 10.1. The molecule has 0 aliphatic rings. The minimum absolute atomic E-state index is 0.0634. The van der Waals surface area contributed by atoms with Gasteiger partial charge in [0, 0.05) is 29.4 Å². The van der Waals surface area contributed by atoms with Crippen molar-refractivity contribution in [3.63, 3.8) is 0 Å². The summed E-state index contributed by atoms with van der Waals surface area (Å²) in [6, 6.07) is 9.39. The van der Waals surface area contributed by atoms with E-state index in [2.05, 4.69) is 10.1 Å². The van der Waals surface area contributed by atoms with E-state index in [9.17, 15) is 22.0 Å². The van der Waals surface area contributed by atoms with E-state index in [1.54, 1.807) is 29.2 Å². The third-order valence-corrected chi connectivity index (χ3v) is 5.22. The van der Waals surface area contributed by atoms with E-state index >= 15 is 0 Å². The van der Waals surface area contributed by atoms with Crippen LogP contribution in [-0.2, 0) is 10.0 Å². The van der Waals surface area contributed by atoms with Crippen molar-refractivity contribution in [3.05, 3.63) is 77.1 Å². The number of fused-ring (bicyclic) bond motifs is 1. The zero-order valence-corrected chi connectivity index (χ0v) is 17.4. The number of carbonyl (C=O) groups is 1. The zero-order valence-electron chi connectivity index (χ0n) is 15.8. The monoisotopic (exact) mass is 462 g/mol. The van der Waals surface area contributed by atoms with E-state index in [0.717, 1.165) is 18.4 Å². The van der Waals surface area contributed by atoms with Gasteiger partial charge in [0.2, 0.25) is 10.0 Å². The SMILES string of the molecule is CS(=O)(=O)NC(=O)c1cc(Cl)c(-n2nc(-c3cccnc3)c3cc(F)ccc32)cc1F. The maximum atomic E-state index is 14.7. The molecular formula is C20H13ClF2N4O3S. The number of pyridine rings is 1. The van der Waals surface area contributed by atoms with Crippen LogP contribution in [0.2, 0.25) is 5.02 Å². The largest absolute Gasteiger partial charge is 0.268 e. The van der Waals surface area contributed by atoms with Gasteiger partial charge in [-0.3, -0.25) is 9.78 Å². The Kier molecular flexibility index (Phi) is 5.19. The first-order valence-corrected chi connectivity index (χ1v) is 11.0. The van der Waals surface area contributed by atoms with Crippen LogP contribution in [0.4, 0.5) is 8.78 Å². The average Bonchev–Trinajstić information content (AvgIpc) is 3.07. The van der Waals surface area contributed by atoms with Crippen molar-refractivity contribution in [2.24, 2.45) is 0 Å². The first-order chi connectivity index (χ1) is 14.6. The van der Waals surface area contributed by atoms with Gasteiger partial charge in [-0.15, -0.1) is 0 Å². The van der Waals surface area contributed by atoms with E-state index < -0.39 is 33.1 Å². The van der Waals surface area contributed by atoms with Gasteiger partial charge < -0.3 is 0 Å². The number of hydrogen-bond acceptors (Lipinski definition) is 5. The summed E-state index contributed by atoms with van der Waals surface area (Å²) in [4.78, 5) is 16.1. The van der Waals surface area contributed by atoms with Crippen molar-refractivity contribution in [3.8, 4) is 16.9 Å². The Morgan fingerprint density at radius 3 is 2.61 bits per heavy atom. The lowest BCUT2D eigenvalue weighted by molar-refractivity contribution is 0.0978. The molecule has 0 aliphatic carbocycles. The number of halogens is 3. The number of sulfonamides is 1. The van der Waals surface area contributed by atoms with Crippen molar-refractivity contribution in [1.82, 2.24) is 19.5 Å². The van der Waals surface area contributed by atoms with Crippen LogP contribution in [0.3, 0.4) is 0 Å². The number of rotatable bonds is 4. The number of hydrogen-bond donors (Lipinski definition) is 1. The smallest absolute Gasteiger partial charge is 0.267 e. The van der Waals surface area contributed by atoms with Crippen LogP contribution in [0.1, 0.15) is 10.4 Å². The highest BCUT2D eigenvalue weighted by molar-refractivity contribution is 7.89. The van der Waals surface area contributed by atoms with Crippen molar-refractivity contribution in [1.29, 1.82) is 0 Å². The fraction of sp³-hybridized carbons (Fsp3) is 0.0500. The van der Waals surface area contributed by atoms with Crippen molar-refractivity contribution in [2.45, 2.75) is 0 Å². The highest BCUT2D eigenvalue weighted by Crippen LogP contribution is 2.33. The van der Waals surface area contributed by atoms with Crippen LogP contribution in [-0.4, -0.2) is 35.3 Å². The number of aromatic nitrogens is 3. The molecule has 0 bridgehead atoms. The second-order valence-corrected chi connectivity index (χ2v) is 8.81. The van der Waals surface area contributed by atoms with Gasteiger partial charge in [-0.2, -0.15) is 5.10 Å². The van der Waals surface area contributed by atoms with E-state index in [0.29, 0.717) is 22.2 Å². The Hall–Kier alpha value is -3.37. The Morgan fingerprint density at radius 1 is 1.16 bits per heavy atom. The fourth-order valence-corrected chi connectivity index (χ4v) is 3.78. The van der Waals surface area contributed by atoms with Crippen molar-refractivity contribution < 1.29 is 22.0 Å². The molecular weight excluding hydrogens is 450 g/mol. The first kappa shape index (κ1) is 20.9. The molecule has 4 aromatic rings. The Morgan fingerprint density at radius 2 is 1.94 bits per heavy atom. The standard InChI is InChI=1S/C20H13ClF2N4O3S/c1-31(29,30)26-20(28)13-8-15(21)18(9-16(13)23)27-17-5-4-12(22)7-14(17)19(25-27)11-3-2-6-24-10-11/h2-10H,1H3,(H,26,28). The molecule has 0 saturated heterocycles. The maximum absolute atomic E-state index is 14.7. The predicted octanol–water partition coefficient (Wildman–Crippen LogP) is 3.71. The van der Waals surface area contributed by atoms with Gasteiger partial charge in [-0.25, -0.2) is 26.6 Å². The molecule has 31 heavy (non-hydrogen) atoms. The summed E-state index contributed by atoms with van der Waals surface area (Å²) in [6.45, 7) is 0. The summed E-state index contributed by atoms with van der Waals surface area (Å²) < 4.78 is 54.2. The quantitative estimate of drug-likeness (QED) is 0.499. The summed E-state index contributed by atoms with van der Waals surface area (Å²) in [7, 11) is -3.89. The van der Waals surface area contributed by atoms with Crippen LogP contribution in [0.15, 0.2) is 54.9 Å². The topological polar surface area (TPSA) is 94.0 Å². The van der Waals surface area contributed by atoms with Gasteiger partial charge in [0.1, 0.15) is 17.3 Å². The summed E-state index contributed by atoms with van der Waals surface area (Å²) in [5.74, 6) is -2.65. The normalized spacial score (nSPS) is 11.6. The third kappa shape index (κ3) is 4.12. The molecule has 158 valence electrons. The molecule has 2 aromatic carbocycles. The molecule has 11 heteroatoms. The molecule has 0 aliphatic heterocycles. The molecule has 4 rings (SSSR count). The molecule has 7 nitrogen and oxygen atoms in total. The Balaban J connectivity index is 1.90. The number of amides is 1. The van der Waals surface area contributed by atoms with E-state index in [1.807, 2.05) is 0 Å². The third-order valence-electron chi connectivity index (χ3n) is 4.36. The van der Waals surface area contributed by atoms with Crippen molar-refractivity contribution in [2.75, 3.05) is 6.26 Å². The second kappa shape index (κ2) is 7.71. The van der Waals surface area contributed by atoms with Crippen LogP contribution >= 0.6 is 11.6 Å². The predicted molar refractivity (Wildman–Crippen MR) is 112 cm³/mol. The van der Waals surface area contributed by atoms with Gasteiger partial charge in [-0.1, -0.05) is 11.6 Å².